The van der Waals surface area contributed by atoms with Crippen molar-refractivity contribution in [1.29, 1.82) is 0 Å². The zero-order chi connectivity index (χ0) is 13.8. The van der Waals surface area contributed by atoms with E-state index in [1.165, 1.54) is 0 Å². The molecule has 1 rings (SSSR count). The Hall–Kier alpha value is -0.730. The lowest BCUT2D eigenvalue weighted by atomic mass is 10.1. The number of ether oxygens (including phenoxy) is 1. The molecule has 0 bridgehead atoms. The van der Waals surface area contributed by atoms with Crippen molar-refractivity contribution in [1.82, 2.24) is 0 Å². The SMILES string of the molecule is Cc1cc(OCCC[NH2+]C(C)(C)C)cc(C)c1Cl. The van der Waals surface area contributed by atoms with Crippen LogP contribution in [0.5, 0.6) is 5.75 Å². The molecule has 2 nitrogen and oxygen atoms in total. The summed E-state index contributed by atoms with van der Waals surface area (Å²) in [5.41, 5.74) is 2.45. The van der Waals surface area contributed by atoms with E-state index in [1.54, 1.807) is 0 Å². The molecule has 0 aliphatic rings. The number of quaternary nitrogens is 1. The van der Waals surface area contributed by atoms with E-state index in [0.717, 1.165) is 41.5 Å². The summed E-state index contributed by atoms with van der Waals surface area (Å²) >= 11 is 6.12. The molecule has 0 saturated heterocycles. The molecular weight excluding hydrogens is 246 g/mol. The quantitative estimate of drug-likeness (QED) is 0.818. The lowest BCUT2D eigenvalue weighted by Gasteiger charge is -2.16. The molecule has 0 aliphatic heterocycles. The van der Waals surface area contributed by atoms with Crippen molar-refractivity contribution < 1.29 is 10.1 Å². The van der Waals surface area contributed by atoms with Crippen LogP contribution in [0.4, 0.5) is 0 Å². The molecular formula is C15H25ClNO+. The fraction of sp³-hybridized carbons (Fsp3) is 0.600. The molecule has 3 heteroatoms. The molecule has 1 aromatic carbocycles. The maximum absolute atomic E-state index is 6.12. The van der Waals surface area contributed by atoms with Gasteiger partial charge >= 0.3 is 0 Å². The van der Waals surface area contributed by atoms with Crippen LogP contribution in [0.3, 0.4) is 0 Å². The summed E-state index contributed by atoms with van der Waals surface area (Å²) in [7, 11) is 0. The van der Waals surface area contributed by atoms with Gasteiger partial charge < -0.3 is 10.1 Å². The van der Waals surface area contributed by atoms with Gasteiger partial charge in [-0.2, -0.15) is 0 Å². The summed E-state index contributed by atoms with van der Waals surface area (Å²) < 4.78 is 5.76. The van der Waals surface area contributed by atoms with Crippen LogP contribution >= 0.6 is 11.6 Å². The summed E-state index contributed by atoms with van der Waals surface area (Å²) in [5.74, 6) is 0.921. The van der Waals surface area contributed by atoms with Crippen molar-refractivity contribution >= 4 is 11.6 Å². The molecule has 0 saturated carbocycles. The lowest BCUT2D eigenvalue weighted by molar-refractivity contribution is -0.717. The smallest absolute Gasteiger partial charge is 0.119 e. The Balaban J connectivity index is 2.36. The zero-order valence-corrected chi connectivity index (χ0v) is 12.9. The van der Waals surface area contributed by atoms with Crippen molar-refractivity contribution in [3.63, 3.8) is 0 Å². The van der Waals surface area contributed by atoms with Gasteiger partial charge in [-0.3, -0.25) is 0 Å². The van der Waals surface area contributed by atoms with E-state index in [9.17, 15) is 0 Å². The zero-order valence-electron chi connectivity index (χ0n) is 12.1. The molecule has 18 heavy (non-hydrogen) atoms. The van der Waals surface area contributed by atoms with E-state index < -0.39 is 0 Å². The largest absolute Gasteiger partial charge is 0.493 e. The number of hydrogen-bond acceptors (Lipinski definition) is 1. The lowest BCUT2D eigenvalue weighted by Crippen LogP contribution is -2.94. The first kappa shape index (κ1) is 15.3. The number of halogens is 1. The van der Waals surface area contributed by atoms with Gasteiger partial charge in [0.25, 0.3) is 0 Å². The monoisotopic (exact) mass is 270 g/mol. The normalized spacial score (nSPS) is 11.7. The van der Waals surface area contributed by atoms with Crippen molar-refractivity contribution in [2.24, 2.45) is 0 Å². The van der Waals surface area contributed by atoms with Crippen molar-refractivity contribution in [3.05, 3.63) is 28.3 Å². The maximum Gasteiger partial charge on any atom is 0.119 e. The van der Waals surface area contributed by atoms with Crippen LogP contribution in [0.2, 0.25) is 5.02 Å². The molecule has 0 radical (unpaired) electrons. The van der Waals surface area contributed by atoms with Crippen molar-refractivity contribution in [3.8, 4) is 5.75 Å². The van der Waals surface area contributed by atoms with Gasteiger partial charge in [-0.15, -0.1) is 0 Å². The topological polar surface area (TPSA) is 25.8 Å². The Morgan fingerprint density at radius 3 is 2.22 bits per heavy atom. The van der Waals surface area contributed by atoms with Crippen molar-refractivity contribution in [2.75, 3.05) is 13.2 Å². The number of aryl methyl sites for hydroxylation is 2. The summed E-state index contributed by atoms with van der Waals surface area (Å²) in [6.07, 6.45) is 1.05. The van der Waals surface area contributed by atoms with Crippen LogP contribution in [-0.2, 0) is 0 Å². The van der Waals surface area contributed by atoms with Crippen LogP contribution in [-0.4, -0.2) is 18.7 Å². The average molecular weight is 271 g/mol. The first-order valence-electron chi connectivity index (χ1n) is 6.53. The van der Waals surface area contributed by atoms with Gasteiger partial charge in [0.05, 0.1) is 18.7 Å². The van der Waals surface area contributed by atoms with E-state index in [-0.39, 0.29) is 0 Å². The molecule has 2 N–H and O–H groups in total. The van der Waals surface area contributed by atoms with Gasteiger partial charge in [0.15, 0.2) is 0 Å². The summed E-state index contributed by atoms with van der Waals surface area (Å²) in [5, 5.41) is 3.18. The van der Waals surface area contributed by atoms with Gasteiger partial charge in [0.1, 0.15) is 5.75 Å². The minimum Gasteiger partial charge on any atom is -0.493 e. The highest BCUT2D eigenvalue weighted by Gasteiger charge is 2.11. The van der Waals surface area contributed by atoms with Crippen LogP contribution in [0.15, 0.2) is 12.1 Å². The maximum atomic E-state index is 6.12. The number of benzene rings is 1. The molecule has 0 atom stereocenters. The third kappa shape index (κ3) is 5.28. The first-order valence-corrected chi connectivity index (χ1v) is 6.91. The Morgan fingerprint density at radius 1 is 1.17 bits per heavy atom. The molecule has 0 spiro atoms. The second kappa shape index (κ2) is 6.44. The van der Waals surface area contributed by atoms with Crippen LogP contribution in [0.1, 0.15) is 38.3 Å². The molecule has 0 heterocycles. The molecule has 102 valence electrons. The highest BCUT2D eigenvalue weighted by Crippen LogP contribution is 2.25. The summed E-state index contributed by atoms with van der Waals surface area (Å²) in [6.45, 7) is 12.5. The van der Waals surface area contributed by atoms with E-state index >= 15 is 0 Å². The Labute approximate surface area is 116 Å². The van der Waals surface area contributed by atoms with Crippen LogP contribution < -0.4 is 10.1 Å². The standard InChI is InChI=1S/C15H24ClNO/c1-11-9-13(10-12(2)14(11)16)18-8-6-7-17-15(3,4)5/h9-10,17H,6-8H2,1-5H3/p+1. The van der Waals surface area contributed by atoms with Gasteiger partial charge in [-0.05, 0) is 57.9 Å². The second-order valence-electron chi connectivity index (χ2n) is 5.93. The van der Waals surface area contributed by atoms with Gasteiger partial charge in [0, 0.05) is 11.4 Å². The predicted octanol–water partition coefficient (Wildman–Crippen LogP) is 3.09. The Bertz CT molecular complexity index is 373. The fourth-order valence-electron chi connectivity index (χ4n) is 1.80. The highest BCUT2D eigenvalue weighted by molar-refractivity contribution is 6.32. The van der Waals surface area contributed by atoms with Crippen molar-refractivity contribution in [2.45, 2.75) is 46.6 Å². The van der Waals surface area contributed by atoms with E-state index in [0.29, 0.717) is 5.54 Å². The van der Waals surface area contributed by atoms with Crippen LogP contribution in [0, 0.1) is 13.8 Å². The number of rotatable bonds is 5. The third-order valence-corrected chi connectivity index (χ3v) is 3.38. The highest BCUT2D eigenvalue weighted by atomic mass is 35.5. The second-order valence-corrected chi connectivity index (χ2v) is 6.31. The summed E-state index contributed by atoms with van der Waals surface area (Å²) in [4.78, 5) is 0. The molecule has 0 unspecified atom stereocenters. The first-order chi connectivity index (χ1) is 8.29. The molecule has 0 aromatic heterocycles. The number of nitrogens with two attached hydrogens (primary N) is 1. The molecule has 0 amide bonds. The van der Waals surface area contributed by atoms with E-state index in [4.69, 9.17) is 16.3 Å². The van der Waals surface area contributed by atoms with Gasteiger partial charge in [-0.25, -0.2) is 0 Å². The van der Waals surface area contributed by atoms with E-state index in [1.807, 2.05) is 26.0 Å². The Kier molecular flexibility index (Phi) is 5.48. The third-order valence-electron chi connectivity index (χ3n) is 2.78. The van der Waals surface area contributed by atoms with E-state index in [2.05, 4.69) is 26.1 Å². The predicted molar refractivity (Wildman–Crippen MR) is 77.6 cm³/mol. The Morgan fingerprint density at radius 2 is 1.72 bits per heavy atom. The molecule has 0 fully saturated rings. The minimum atomic E-state index is 0.299. The molecule has 1 aromatic rings. The minimum absolute atomic E-state index is 0.299. The summed E-state index contributed by atoms with van der Waals surface area (Å²) in [6, 6.07) is 4.01. The fourth-order valence-corrected chi connectivity index (χ4v) is 1.91. The number of hydrogen-bond donors (Lipinski definition) is 1. The average Bonchev–Trinajstić information content (AvgIpc) is 2.23. The van der Waals surface area contributed by atoms with Gasteiger partial charge in [-0.1, -0.05) is 11.6 Å². The van der Waals surface area contributed by atoms with Crippen LogP contribution in [0.25, 0.3) is 0 Å². The molecule has 0 aliphatic carbocycles. The van der Waals surface area contributed by atoms with Gasteiger partial charge in [0.2, 0.25) is 0 Å².